The van der Waals surface area contributed by atoms with Gasteiger partial charge in [-0.25, -0.2) is 5.84 Å². The van der Waals surface area contributed by atoms with E-state index in [-0.39, 0.29) is 11.8 Å². The highest BCUT2D eigenvalue weighted by Crippen LogP contribution is 2.26. The number of carbonyl (C=O) groups excluding carboxylic acids is 2. The zero-order valence-corrected chi connectivity index (χ0v) is 9.49. The summed E-state index contributed by atoms with van der Waals surface area (Å²) in [6.45, 7) is 6.54. The standard InChI is InChI=1S/C10H19N3O2/c1-6(2)8-4-9(14)13(5-8)7(3)10(15)12-11/h6-8H,4-5,11H2,1-3H3,(H,12,15). The quantitative estimate of drug-likeness (QED) is 0.389. The molecule has 1 saturated heterocycles. The van der Waals surface area contributed by atoms with Crippen LogP contribution in [0.4, 0.5) is 0 Å². The molecule has 1 heterocycles. The maximum atomic E-state index is 11.7. The molecule has 5 nitrogen and oxygen atoms in total. The Morgan fingerprint density at radius 2 is 2.13 bits per heavy atom. The Balaban J connectivity index is 2.65. The number of carbonyl (C=O) groups is 2. The summed E-state index contributed by atoms with van der Waals surface area (Å²) in [5, 5.41) is 0. The van der Waals surface area contributed by atoms with E-state index in [0.29, 0.717) is 24.8 Å². The summed E-state index contributed by atoms with van der Waals surface area (Å²) >= 11 is 0. The van der Waals surface area contributed by atoms with Gasteiger partial charge in [0.1, 0.15) is 6.04 Å². The lowest BCUT2D eigenvalue weighted by atomic mass is 9.95. The van der Waals surface area contributed by atoms with Crippen molar-refractivity contribution in [3.63, 3.8) is 0 Å². The molecule has 0 radical (unpaired) electrons. The van der Waals surface area contributed by atoms with Gasteiger partial charge in [-0.15, -0.1) is 0 Å². The summed E-state index contributed by atoms with van der Waals surface area (Å²) in [5.74, 6) is 5.59. The molecule has 1 aliphatic rings. The predicted molar refractivity (Wildman–Crippen MR) is 56.5 cm³/mol. The highest BCUT2D eigenvalue weighted by Gasteiger charge is 2.36. The summed E-state index contributed by atoms with van der Waals surface area (Å²) in [5.41, 5.74) is 2.07. The van der Waals surface area contributed by atoms with Gasteiger partial charge in [-0.2, -0.15) is 0 Å². The number of nitrogens with two attached hydrogens (primary N) is 1. The fourth-order valence-corrected chi connectivity index (χ4v) is 1.84. The topological polar surface area (TPSA) is 75.4 Å². The first-order chi connectivity index (χ1) is 6.97. The highest BCUT2D eigenvalue weighted by atomic mass is 16.2. The van der Waals surface area contributed by atoms with Gasteiger partial charge in [0.15, 0.2) is 0 Å². The van der Waals surface area contributed by atoms with Crippen molar-refractivity contribution >= 4 is 11.8 Å². The molecular weight excluding hydrogens is 194 g/mol. The number of hydrogen-bond donors (Lipinski definition) is 2. The third-order valence-electron chi connectivity index (χ3n) is 3.12. The number of hydrazine groups is 1. The van der Waals surface area contributed by atoms with E-state index >= 15 is 0 Å². The molecule has 0 aromatic heterocycles. The van der Waals surface area contributed by atoms with Gasteiger partial charge in [-0.1, -0.05) is 13.8 Å². The third-order valence-corrected chi connectivity index (χ3v) is 3.12. The number of hydrogen-bond acceptors (Lipinski definition) is 3. The van der Waals surface area contributed by atoms with E-state index in [4.69, 9.17) is 5.84 Å². The largest absolute Gasteiger partial charge is 0.331 e. The number of rotatable bonds is 3. The zero-order valence-electron chi connectivity index (χ0n) is 9.49. The molecule has 2 amide bonds. The fourth-order valence-electron chi connectivity index (χ4n) is 1.84. The maximum Gasteiger partial charge on any atom is 0.256 e. The highest BCUT2D eigenvalue weighted by molar-refractivity contribution is 5.88. The van der Waals surface area contributed by atoms with Crippen LogP contribution in [0, 0.1) is 11.8 Å². The minimum absolute atomic E-state index is 0.0461. The van der Waals surface area contributed by atoms with E-state index in [1.54, 1.807) is 11.8 Å². The third kappa shape index (κ3) is 2.47. The van der Waals surface area contributed by atoms with Crippen LogP contribution in [0.15, 0.2) is 0 Å². The van der Waals surface area contributed by atoms with Crippen molar-refractivity contribution < 1.29 is 9.59 Å². The second-order valence-corrected chi connectivity index (χ2v) is 4.44. The summed E-state index contributed by atoms with van der Waals surface area (Å²) < 4.78 is 0. The summed E-state index contributed by atoms with van der Waals surface area (Å²) in [4.78, 5) is 24.6. The van der Waals surface area contributed by atoms with Crippen LogP contribution in [0.25, 0.3) is 0 Å². The molecule has 0 aromatic carbocycles. The van der Waals surface area contributed by atoms with Crippen LogP contribution in [0.1, 0.15) is 27.2 Å². The average Bonchev–Trinajstić information content (AvgIpc) is 2.58. The van der Waals surface area contributed by atoms with E-state index in [9.17, 15) is 9.59 Å². The van der Waals surface area contributed by atoms with Crippen LogP contribution in [0.2, 0.25) is 0 Å². The first-order valence-corrected chi connectivity index (χ1v) is 5.27. The van der Waals surface area contributed by atoms with E-state index < -0.39 is 6.04 Å². The average molecular weight is 213 g/mol. The van der Waals surface area contributed by atoms with Gasteiger partial charge in [-0.05, 0) is 18.8 Å². The lowest BCUT2D eigenvalue weighted by molar-refractivity contribution is -0.136. The Morgan fingerprint density at radius 1 is 1.53 bits per heavy atom. The van der Waals surface area contributed by atoms with Crippen molar-refractivity contribution in [2.75, 3.05) is 6.54 Å². The fraction of sp³-hybridized carbons (Fsp3) is 0.800. The molecule has 0 aromatic rings. The molecule has 1 fully saturated rings. The molecule has 0 saturated carbocycles. The summed E-state index contributed by atoms with van der Waals surface area (Å²) in [7, 11) is 0. The minimum Gasteiger partial charge on any atom is -0.331 e. The number of nitrogens with one attached hydrogen (secondary N) is 1. The summed E-state index contributed by atoms with van der Waals surface area (Å²) in [6, 6.07) is -0.466. The van der Waals surface area contributed by atoms with Crippen LogP contribution >= 0.6 is 0 Å². The molecule has 1 rings (SSSR count). The van der Waals surface area contributed by atoms with Gasteiger partial charge in [0.2, 0.25) is 5.91 Å². The van der Waals surface area contributed by atoms with Crippen molar-refractivity contribution in [2.45, 2.75) is 33.2 Å². The van der Waals surface area contributed by atoms with Crippen LogP contribution < -0.4 is 11.3 Å². The van der Waals surface area contributed by atoms with Crippen molar-refractivity contribution in [2.24, 2.45) is 17.7 Å². The van der Waals surface area contributed by atoms with Crippen molar-refractivity contribution in [1.82, 2.24) is 10.3 Å². The van der Waals surface area contributed by atoms with Crippen LogP contribution in [-0.2, 0) is 9.59 Å². The van der Waals surface area contributed by atoms with Gasteiger partial charge in [0.05, 0.1) is 0 Å². The molecule has 2 atom stereocenters. The van der Waals surface area contributed by atoms with Crippen molar-refractivity contribution in [3.05, 3.63) is 0 Å². The van der Waals surface area contributed by atoms with Gasteiger partial charge in [0, 0.05) is 13.0 Å². The molecular formula is C10H19N3O2. The Kier molecular flexibility index (Phi) is 3.68. The number of likely N-dealkylation sites (tertiary alicyclic amines) is 1. The number of amides is 2. The molecule has 0 bridgehead atoms. The van der Waals surface area contributed by atoms with Gasteiger partial charge >= 0.3 is 0 Å². The smallest absolute Gasteiger partial charge is 0.256 e. The Labute approximate surface area is 90.0 Å². The number of nitrogens with zero attached hydrogens (tertiary/aromatic N) is 1. The second-order valence-electron chi connectivity index (χ2n) is 4.44. The zero-order chi connectivity index (χ0) is 11.6. The molecule has 2 unspecified atom stereocenters. The lowest BCUT2D eigenvalue weighted by Crippen LogP contribution is -2.48. The van der Waals surface area contributed by atoms with Crippen LogP contribution in [-0.4, -0.2) is 29.3 Å². The van der Waals surface area contributed by atoms with Gasteiger partial charge < -0.3 is 4.90 Å². The molecule has 1 aliphatic heterocycles. The molecule has 15 heavy (non-hydrogen) atoms. The molecule has 5 heteroatoms. The molecule has 0 aliphatic carbocycles. The van der Waals surface area contributed by atoms with E-state index in [0.717, 1.165) is 0 Å². The molecule has 0 spiro atoms. The van der Waals surface area contributed by atoms with E-state index in [1.807, 2.05) is 0 Å². The van der Waals surface area contributed by atoms with E-state index in [1.165, 1.54) is 0 Å². The molecule has 3 N–H and O–H groups in total. The normalized spacial score (nSPS) is 23.4. The van der Waals surface area contributed by atoms with Gasteiger partial charge in [-0.3, -0.25) is 15.0 Å². The minimum atomic E-state index is -0.466. The second kappa shape index (κ2) is 4.61. The van der Waals surface area contributed by atoms with Crippen LogP contribution in [0.3, 0.4) is 0 Å². The monoisotopic (exact) mass is 213 g/mol. The van der Waals surface area contributed by atoms with Crippen molar-refractivity contribution in [3.8, 4) is 0 Å². The Hall–Kier alpha value is -1.10. The van der Waals surface area contributed by atoms with Gasteiger partial charge in [0.25, 0.3) is 5.91 Å². The van der Waals surface area contributed by atoms with Crippen LogP contribution in [0.5, 0.6) is 0 Å². The van der Waals surface area contributed by atoms with E-state index in [2.05, 4.69) is 19.3 Å². The SMILES string of the molecule is CC(C)C1CC(=O)N(C(C)C(=O)NN)C1. The molecule has 86 valence electrons. The first kappa shape index (κ1) is 12.0. The summed E-state index contributed by atoms with van der Waals surface area (Å²) in [6.07, 6.45) is 0.542. The Bertz CT molecular complexity index is 265. The first-order valence-electron chi connectivity index (χ1n) is 5.27. The predicted octanol–water partition coefficient (Wildman–Crippen LogP) is -0.131. The lowest BCUT2D eigenvalue weighted by Gasteiger charge is -2.23. The van der Waals surface area contributed by atoms with Crippen molar-refractivity contribution in [1.29, 1.82) is 0 Å². The maximum absolute atomic E-state index is 11.7. The Morgan fingerprint density at radius 3 is 2.53 bits per heavy atom.